The fraction of sp³-hybridized carbons (Fsp3) is 0.929. The molecular formula is C14H25NO2S. The van der Waals surface area contributed by atoms with Gasteiger partial charge >= 0.3 is 0 Å². The van der Waals surface area contributed by atoms with Crippen LogP contribution >= 0.6 is 11.8 Å². The van der Waals surface area contributed by atoms with Gasteiger partial charge in [-0.2, -0.15) is 11.8 Å². The Morgan fingerprint density at radius 3 is 2.83 bits per heavy atom. The van der Waals surface area contributed by atoms with Crippen molar-refractivity contribution in [2.24, 2.45) is 5.92 Å². The summed E-state index contributed by atoms with van der Waals surface area (Å²) in [6.45, 7) is 0.681. The normalized spacial score (nSPS) is 28.7. The molecule has 4 heteroatoms. The summed E-state index contributed by atoms with van der Waals surface area (Å²) in [7, 11) is 1.76. The van der Waals surface area contributed by atoms with Gasteiger partial charge in [0.25, 0.3) is 0 Å². The van der Waals surface area contributed by atoms with E-state index >= 15 is 0 Å². The molecule has 1 atom stereocenters. The van der Waals surface area contributed by atoms with E-state index in [-0.39, 0.29) is 11.5 Å². The summed E-state index contributed by atoms with van der Waals surface area (Å²) in [5, 5.41) is 3.06. The summed E-state index contributed by atoms with van der Waals surface area (Å²) in [4.78, 5) is 11.8. The third-order valence-corrected chi connectivity index (χ3v) is 5.59. The van der Waals surface area contributed by atoms with Crippen LogP contribution in [0.2, 0.25) is 0 Å². The van der Waals surface area contributed by atoms with Crippen molar-refractivity contribution in [1.29, 1.82) is 0 Å². The fourth-order valence-corrected chi connectivity index (χ4v) is 4.34. The van der Waals surface area contributed by atoms with Gasteiger partial charge in [-0.15, -0.1) is 0 Å². The monoisotopic (exact) mass is 271 g/mol. The van der Waals surface area contributed by atoms with E-state index in [1.807, 2.05) is 11.8 Å². The fourth-order valence-electron chi connectivity index (χ4n) is 2.94. The Labute approximate surface area is 114 Å². The Morgan fingerprint density at radius 1 is 1.44 bits per heavy atom. The molecule has 0 spiro atoms. The van der Waals surface area contributed by atoms with Crippen LogP contribution in [-0.4, -0.2) is 36.7 Å². The first kappa shape index (κ1) is 14.2. The van der Waals surface area contributed by atoms with Crippen molar-refractivity contribution in [3.05, 3.63) is 0 Å². The van der Waals surface area contributed by atoms with Gasteiger partial charge in [-0.3, -0.25) is 4.79 Å². The van der Waals surface area contributed by atoms with E-state index < -0.39 is 0 Å². The van der Waals surface area contributed by atoms with E-state index in [1.165, 1.54) is 25.7 Å². The van der Waals surface area contributed by atoms with E-state index in [1.54, 1.807) is 7.11 Å². The van der Waals surface area contributed by atoms with Gasteiger partial charge < -0.3 is 10.1 Å². The number of carbonyl (C=O) groups excluding carboxylic acids is 1. The van der Waals surface area contributed by atoms with E-state index in [4.69, 9.17) is 4.74 Å². The van der Waals surface area contributed by atoms with Gasteiger partial charge in [-0.1, -0.05) is 25.7 Å². The molecule has 0 aromatic carbocycles. The molecule has 1 unspecified atom stereocenters. The minimum Gasteiger partial charge on any atom is -0.376 e. The zero-order chi connectivity index (χ0) is 12.8. The minimum atomic E-state index is -0.103. The van der Waals surface area contributed by atoms with Gasteiger partial charge in [0, 0.05) is 25.8 Å². The predicted octanol–water partition coefficient (Wildman–Crippen LogP) is 2.60. The van der Waals surface area contributed by atoms with Gasteiger partial charge in [0.05, 0.1) is 5.60 Å². The number of carbonyl (C=O) groups is 1. The molecule has 1 aliphatic heterocycles. The molecule has 3 nitrogen and oxygen atoms in total. The molecule has 1 amide bonds. The maximum absolute atomic E-state index is 11.8. The molecule has 0 radical (unpaired) electrons. The number of methoxy groups -OCH3 is 1. The van der Waals surface area contributed by atoms with E-state index in [0.717, 1.165) is 30.3 Å². The lowest BCUT2D eigenvalue weighted by Gasteiger charge is -2.26. The lowest BCUT2D eigenvalue weighted by molar-refractivity contribution is -0.122. The summed E-state index contributed by atoms with van der Waals surface area (Å²) >= 11 is 1.91. The van der Waals surface area contributed by atoms with Crippen LogP contribution in [0.3, 0.4) is 0 Å². The molecule has 0 aromatic heterocycles. The second kappa shape index (κ2) is 6.80. The molecule has 1 saturated carbocycles. The van der Waals surface area contributed by atoms with Crippen molar-refractivity contribution in [3.8, 4) is 0 Å². The highest BCUT2D eigenvalue weighted by Crippen LogP contribution is 2.30. The first-order valence-electron chi connectivity index (χ1n) is 7.14. The van der Waals surface area contributed by atoms with Crippen molar-refractivity contribution in [3.63, 3.8) is 0 Å². The van der Waals surface area contributed by atoms with Crippen LogP contribution in [0, 0.1) is 5.92 Å². The van der Waals surface area contributed by atoms with Crippen molar-refractivity contribution in [1.82, 2.24) is 5.32 Å². The van der Waals surface area contributed by atoms with E-state index in [9.17, 15) is 4.79 Å². The summed E-state index contributed by atoms with van der Waals surface area (Å²) in [6, 6.07) is 0. The largest absolute Gasteiger partial charge is 0.376 e. The summed E-state index contributed by atoms with van der Waals surface area (Å²) in [5.41, 5.74) is -0.103. The van der Waals surface area contributed by atoms with Crippen LogP contribution in [0.5, 0.6) is 0 Å². The van der Waals surface area contributed by atoms with Crippen molar-refractivity contribution < 1.29 is 9.53 Å². The average molecular weight is 271 g/mol. The third kappa shape index (κ3) is 3.89. The molecule has 0 bridgehead atoms. The van der Waals surface area contributed by atoms with Crippen molar-refractivity contribution in [2.75, 3.05) is 25.2 Å². The topological polar surface area (TPSA) is 38.3 Å². The molecule has 1 saturated heterocycles. The highest BCUT2D eigenvalue weighted by atomic mass is 32.2. The molecule has 0 aromatic rings. The van der Waals surface area contributed by atoms with E-state index in [0.29, 0.717) is 13.0 Å². The SMILES string of the molecule is COC1(CNC(=O)CCC2CCCC2)CCSC1. The molecular weight excluding hydrogens is 246 g/mol. The zero-order valence-corrected chi connectivity index (χ0v) is 12.2. The lowest BCUT2D eigenvalue weighted by atomic mass is 10.0. The molecule has 2 rings (SSSR count). The predicted molar refractivity (Wildman–Crippen MR) is 75.9 cm³/mol. The van der Waals surface area contributed by atoms with E-state index in [2.05, 4.69) is 5.32 Å². The zero-order valence-electron chi connectivity index (χ0n) is 11.4. The second-order valence-electron chi connectivity index (χ2n) is 5.66. The maximum Gasteiger partial charge on any atom is 0.220 e. The molecule has 2 fully saturated rings. The van der Waals surface area contributed by atoms with Gasteiger partial charge in [0.15, 0.2) is 0 Å². The lowest BCUT2D eigenvalue weighted by Crippen LogP contribution is -2.44. The number of thioether (sulfide) groups is 1. The Hall–Kier alpha value is -0.220. The highest BCUT2D eigenvalue weighted by Gasteiger charge is 2.34. The summed E-state index contributed by atoms with van der Waals surface area (Å²) in [6.07, 6.45) is 8.18. The molecule has 1 heterocycles. The number of nitrogens with one attached hydrogen (secondary N) is 1. The smallest absolute Gasteiger partial charge is 0.220 e. The Bertz CT molecular complexity index is 271. The maximum atomic E-state index is 11.8. The highest BCUT2D eigenvalue weighted by molar-refractivity contribution is 7.99. The van der Waals surface area contributed by atoms with Crippen molar-refractivity contribution >= 4 is 17.7 Å². The van der Waals surface area contributed by atoms with Crippen LogP contribution in [0.1, 0.15) is 44.9 Å². The van der Waals surface area contributed by atoms with Crippen LogP contribution in [0.15, 0.2) is 0 Å². The number of rotatable bonds is 6. The first-order valence-corrected chi connectivity index (χ1v) is 8.29. The van der Waals surface area contributed by atoms with Gasteiger partial charge in [0.2, 0.25) is 5.91 Å². The number of amides is 1. The Kier molecular flexibility index (Phi) is 5.37. The first-order chi connectivity index (χ1) is 8.74. The Morgan fingerprint density at radius 2 is 2.22 bits per heavy atom. The van der Waals surface area contributed by atoms with Crippen LogP contribution in [-0.2, 0) is 9.53 Å². The van der Waals surface area contributed by atoms with Crippen molar-refractivity contribution in [2.45, 2.75) is 50.5 Å². The molecule has 1 N–H and O–H groups in total. The minimum absolute atomic E-state index is 0.103. The standard InChI is InChI=1S/C14H25NO2S/c1-17-14(8-9-18-11-14)10-15-13(16)7-6-12-4-2-3-5-12/h12H,2-11H2,1H3,(H,15,16). The summed E-state index contributed by atoms with van der Waals surface area (Å²) < 4.78 is 5.59. The van der Waals surface area contributed by atoms with Crippen LogP contribution in [0.25, 0.3) is 0 Å². The van der Waals surface area contributed by atoms with Gasteiger partial charge in [-0.25, -0.2) is 0 Å². The number of ether oxygens (including phenoxy) is 1. The molecule has 18 heavy (non-hydrogen) atoms. The Balaban J connectivity index is 1.64. The third-order valence-electron chi connectivity index (χ3n) is 4.36. The quantitative estimate of drug-likeness (QED) is 0.807. The van der Waals surface area contributed by atoms with Crippen LogP contribution in [0.4, 0.5) is 0 Å². The van der Waals surface area contributed by atoms with Gasteiger partial charge in [-0.05, 0) is 24.5 Å². The number of hydrogen-bond donors (Lipinski definition) is 1. The average Bonchev–Trinajstić information content (AvgIpc) is 3.06. The van der Waals surface area contributed by atoms with Crippen LogP contribution < -0.4 is 5.32 Å². The molecule has 2 aliphatic rings. The summed E-state index contributed by atoms with van der Waals surface area (Å²) in [5.74, 6) is 3.16. The molecule has 1 aliphatic carbocycles. The molecule has 104 valence electrons. The second-order valence-corrected chi connectivity index (χ2v) is 6.76. The van der Waals surface area contributed by atoms with Gasteiger partial charge in [0.1, 0.15) is 0 Å². The number of hydrogen-bond acceptors (Lipinski definition) is 3.